The van der Waals surface area contributed by atoms with Gasteiger partial charge in [0.1, 0.15) is 22.0 Å². The first-order valence-corrected chi connectivity index (χ1v) is 11.4. The topological polar surface area (TPSA) is 120 Å². The third-order valence-corrected chi connectivity index (χ3v) is 7.35. The molecule has 1 saturated carbocycles. The number of nitrogens with zero attached hydrogens (tertiary/aromatic N) is 2. The zero-order chi connectivity index (χ0) is 22.9. The van der Waals surface area contributed by atoms with Crippen molar-refractivity contribution >= 4 is 35.1 Å². The smallest absolute Gasteiger partial charge is 0.323 e. The SMILES string of the molecule is Cc1nc(-c2ccccc2)sc1C(=O)NNC(=O)CN1C(=O)NC2(CCCCC2C)C1=O. The first kappa shape index (κ1) is 21.9. The monoisotopic (exact) mass is 455 g/mol. The van der Waals surface area contributed by atoms with Crippen molar-refractivity contribution in [1.29, 1.82) is 0 Å². The summed E-state index contributed by atoms with van der Waals surface area (Å²) in [6.07, 6.45) is 3.29. The Bertz CT molecular complexity index is 1070. The molecule has 2 fully saturated rings. The molecular formula is C22H25N5O4S. The zero-order valence-electron chi connectivity index (χ0n) is 17.9. The van der Waals surface area contributed by atoms with Crippen molar-refractivity contribution in [3.63, 3.8) is 0 Å². The first-order chi connectivity index (χ1) is 15.3. The fourth-order valence-electron chi connectivity index (χ4n) is 4.32. The standard InChI is InChI=1S/C22H25N5O4S/c1-13-8-6-7-11-22(13)20(30)27(21(31)24-22)12-16(28)25-26-18(29)17-14(2)23-19(32-17)15-9-4-3-5-10-15/h3-5,9-10,13H,6-8,11-12H2,1-2H3,(H,24,31)(H,25,28)(H,26,29). The van der Waals surface area contributed by atoms with Gasteiger partial charge in [0.15, 0.2) is 0 Å². The van der Waals surface area contributed by atoms with E-state index in [1.54, 1.807) is 6.92 Å². The zero-order valence-corrected chi connectivity index (χ0v) is 18.8. The summed E-state index contributed by atoms with van der Waals surface area (Å²) in [5, 5.41) is 3.50. The maximum atomic E-state index is 12.9. The van der Waals surface area contributed by atoms with Crippen molar-refractivity contribution < 1.29 is 19.2 Å². The summed E-state index contributed by atoms with van der Waals surface area (Å²) in [5.74, 6) is -1.53. The van der Waals surface area contributed by atoms with Crippen LogP contribution in [0, 0.1) is 12.8 Å². The Hall–Kier alpha value is -3.27. The minimum absolute atomic E-state index is 0.00794. The number of carbonyl (C=O) groups is 4. The van der Waals surface area contributed by atoms with Crippen LogP contribution in [0.1, 0.15) is 48.0 Å². The van der Waals surface area contributed by atoms with Crippen LogP contribution < -0.4 is 16.2 Å². The molecule has 2 atom stereocenters. The molecule has 168 valence electrons. The summed E-state index contributed by atoms with van der Waals surface area (Å²) >= 11 is 1.22. The maximum absolute atomic E-state index is 12.9. The molecule has 0 bridgehead atoms. The number of rotatable bonds is 4. The molecule has 1 aromatic heterocycles. The van der Waals surface area contributed by atoms with Crippen molar-refractivity contribution in [3.8, 4) is 10.6 Å². The van der Waals surface area contributed by atoms with Crippen LogP contribution in [-0.2, 0) is 9.59 Å². The lowest BCUT2D eigenvalue weighted by Gasteiger charge is -2.36. The highest BCUT2D eigenvalue weighted by Gasteiger charge is 2.55. The van der Waals surface area contributed by atoms with Gasteiger partial charge >= 0.3 is 6.03 Å². The Balaban J connectivity index is 1.36. The van der Waals surface area contributed by atoms with Crippen LogP contribution >= 0.6 is 11.3 Å². The van der Waals surface area contributed by atoms with Crippen molar-refractivity contribution in [2.75, 3.05) is 6.54 Å². The fraction of sp³-hybridized carbons (Fsp3) is 0.409. The average molecular weight is 456 g/mol. The number of hydrogen-bond acceptors (Lipinski definition) is 6. The van der Waals surface area contributed by atoms with E-state index < -0.39 is 29.9 Å². The third kappa shape index (κ3) is 3.97. The highest BCUT2D eigenvalue weighted by atomic mass is 32.1. The van der Waals surface area contributed by atoms with Gasteiger partial charge < -0.3 is 5.32 Å². The summed E-state index contributed by atoms with van der Waals surface area (Å²) < 4.78 is 0. The van der Waals surface area contributed by atoms with Gasteiger partial charge in [0.25, 0.3) is 17.7 Å². The number of aryl methyl sites for hydroxylation is 1. The molecule has 32 heavy (non-hydrogen) atoms. The summed E-state index contributed by atoms with van der Waals surface area (Å²) in [6.45, 7) is 3.20. The number of urea groups is 1. The Kier molecular flexibility index (Phi) is 5.96. The number of hydrazine groups is 1. The number of carbonyl (C=O) groups excluding carboxylic acids is 4. The molecule has 3 N–H and O–H groups in total. The number of aromatic nitrogens is 1. The van der Waals surface area contributed by atoms with E-state index in [-0.39, 0.29) is 11.8 Å². The van der Waals surface area contributed by atoms with E-state index in [1.165, 1.54) is 11.3 Å². The Morgan fingerprint density at radius 3 is 2.69 bits per heavy atom. The second-order valence-electron chi connectivity index (χ2n) is 8.24. The van der Waals surface area contributed by atoms with Crippen LogP contribution in [0.5, 0.6) is 0 Å². The van der Waals surface area contributed by atoms with Gasteiger partial charge in [0, 0.05) is 5.56 Å². The van der Waals surface area contributed by atoms with Gasteiger partial charge in [0.05, 0.1) is 5.69 Å². The van der Waals surface area contributed by atoms with Crippen LogP contribution in [0.25, 0.3) is 10.6 Å². The number of imide groups is 1. The molecule has 2 unspecified atom stereocenters. The average Bonchev–Trinajstić information content (AvgIpc) is 3.28. The minimum Gasteiger partial charge on any atom is -0.323 e. The molecule has 1 aliphatic carbocycles. The summed E-state index contributed by atoms with van der Waals surface area (Å²) in [5.41, 5.74) is 5.16. The number of amides is 5. The lowest BCUT2D eigenvalue weighted by atomic mass is 9.73. The molecule has 9 nitrogen and oxygen atoms in total. The maximum Gasteiger partial charge on any atom is 0.325 e. The van der Waals surface area contributed by atoms with Crippen molar-refractivity contribution in [1.82, 2.24) is 26.1 Å². The molecule has 2 aromatic rings. The van der Waals surface area contributed by atoms with Gasteiger partial charge in [0.2, 0.25) is 0 Å². The lowest BCUT2D eigenvalue weighted by molar-refractivity contribution is -0.137. The van der Waals surface area contributed by atoms with Crippen LogP contribution in [0.15, 0.2) is 30.3 Å². The van der Waals surface area contributed by atoms with Crippen molar-refractivity contribution in [2.45, 2.75) is 45.1 Å². The number of hydrogen-bond donors (Lipinski definition) is 3. The third-order valence-electron chi connectivity index (χ3n) is 6.14. The van der Waals surface area contributed by atoms with E-state index in [0.29, 0.717) is 22.0 Å². The van der Waals surface area contributed by atoms with Crippen molar-refractivity contribution in [3.05, 3.63) is 40.9 Å². The number of thiazole rings is 1. The molecule has 5 amide bonds. The first-order valence-electron chi connectivity index (χ1n) is 10.6. The number of nitrogens with one attached hydrogen (secondary N) is 3. The predicted octanol–water partition coefficient (Wildman–Crippen LogP) is 2.38. The summed E-state index contributed by atoms with van der Waals surface area (Å²) in [6, 6.07) is 8.91. The van der Waals surface area contributed by atoms with Gasteiger partial charge in [-0.3, -0.25) is 30.1 Å². The number of benzene rings is 1. The van der Waals surface area contributed by atoms with E-state index in [0.717, 1.165) is 29.7 Å². The second kappa shape index (κ2) is 8.70. The molecule has 1 saturated heterocycles. The largest absolute Gasteiger partial charge is 0.325 e. The van der Waals surface area contributed by atoms with Gasteiger partial charge in [-0.05, 0) is 25.7 Å². The lowest BCUT2D eigenvalue weighted by Crippen LogP contribution is -2.54. The summed E-state index contributed by atoms with van der Waals surface area (Å²) in [4.78, 5) is 56.0. The normalized spacial score (nSPS) is 22.7. The molecule has 2 heterocycles. The molecular weight excluding hydrogens is 430 g/mol. The van der Waals surface area contributed by atoms with E-state index in [9.17, 15) is 19.2 Å². The fourth-order valence-corrected chi connectivity index (χ4v) is 5.28. The van der Waals surface area contributed by atoms with Gasteiger partial charge in [-0.1, -0.05) is 50.1 Å². The Labute approximate surface area is 189 Å². The summed E-state index contributed by atoms with van der Waals surface area (Å²) in [7, 11) is 0. The van der Waals surface area contributed by atoms with E-state index >= 15 is 0 Å². The molecule has 0 radical (unpaired) electrons. The molecule has 10 heteroatoms. The molecule has 1 aliphatic heterocycles. The van der Waals surface area contributed by atoms with E-state index in [4.69, 9.17) is 0 Å². The van der Waals surface area contributed by atoms with Crippen LogP contribution in [-0.4, -0.2) is 45.7 Å². The van der Waals surface area contributed by atoms with Gasteiger partial charge in [-0.2, -0.15) is 0 Å². The highest BCUT2D eigenvalue weighted by molar-refractivity contribution is 7.17. The van der Waals surface area contributed by atoms with Gasteiger partial charge in [-0.15, -0.1) is 11.3 Å². The van der Waals surface area contributed by atoms with Crippen molar-refractivity contribution in [2.24, 2.45) is 5.92 Å². The molecule has 1 spiro atoms. The Morgan fingerprint density at radius 2 is 1.97 bits per heavy atom. The second-order valence-corrected chi connectivity index (χ2v) is 9.24. The Morgan fingerprint density at radius 1 is 1.22 bits per heavy atom. The van der Waals surface area contributed by atoms with Crippen LogP contribution in [0.3, 0.4) is 0 Å². The molecule has 2 aliphatic rings. The van der Waals surface area contributed by atoms with E-state index in [2.05, 4.69) is 21.2 Å². The molecule has 1 aromatic carbocycles. The molecule has 4 rings (SSSR count). The van der Waals surface area contributed by atoms with Crippen LogP contribution in [0.4, 0.5) is 4.79 Å². The highest BCUT2D eigenvalue weighted by Crippen LogP contribution is 2.38. The van der Waals surface area contributed by atoms with E-state index in [1.807, 2.05) is 37.3 Å². The van der Waals surface area contributed by atoms with Gasteiger partial charge in [-0.25, -0.2) is 9.78 Å². The predicted molar refractivity (Wildman–Crippen MR) is 119 cm³/mol. The quantitative estimate of drug-likeness (QED) is 0.483. The van der Waals surface area contributed by atoms with Crippen LogP contribution in [0.2, 0.25) is 0 Å². The minimum atomic E-state index is -0.924.